The maximum Gasteiger partial charge on any atom is 0.328 e. The van der Waals surface area contributed by atoms with Crippen LogP contribution in [0.2, 0.25) is 0 Å². The number of rotatable bonds is 4. The van der Waals surface area contributed by atoms with Crippen LogP contribution >= 0.6 is 0 Å². The molecule has 0 saturated carbocycles. The first-order valence-electron chi connectivity index (χ1n) is 5.48. The van der Waals surface area contributed by atoms with Gasteiger partial charge in [0.25, 0.3) is 0 Å². The summed E-state index contributed by atoms with van der Waals surface area (Å²) in [7, 11) is 0. The number of aliphatic carboxylic acids is 1. The van der Waals surface area contributed by atoms with Gasteiger partial charge in [-0.15, -0.1) is 0 Å². The molecule has 0 aliphatic carbocycles. The van der Waals surface area contributed by atoms with Gasteiger partial charge in [0.2, 0.25) is 11.8 Å². The Morgan fingerprint density at radius 3 is 2.37 bits per heavy atom. The van der Waals surface area contributed by atoms with Gasteiger partial charge in [-0.3, -0.25) is 9.59 Å². The molecule has 19 heavy (non-hydrogen) atoms. The van der Waals surface area contributed by atoms with E-state index in [1.165, 1.54) is 6.92 Å². The first-order chi connectivity index (χ1) is 8.88. The summed E-state index contributed by atoms with van der Waals surface area (Å²) in [4.78, 5) is 32.5. The van der Waals surface area contributed by atoms with E-state index in [0.29, 0.717) is 11.4 Å². The Morgan fingerprint density at radius 2 is 1.84 bits per heavy atom. The van der Waals surface area contributed by atoms with Crippen LogP contribution in [0.15, 0.2) is 30.4 Å². The molecule has 0 fully saturated rings. The summed E-state index contributed by atoms with van der Waals surface area (Å²) in [5.74, 6) is -1.90. The van der Waals surface area contributed by atoms with Crippen molar-refractivity contribution in [3.05, 3.63) is 35.9 Å². The van der Waals surface area contributed by atoms with Crippen molar-refractivity contribution in [2.24, 2.45) is 0 Å². The van der Waals surface area contributed by atoms with E-state index in [0.717, 1.165) is 17.7 Å². The first kappa shape index (κ1) is 14.4. The summed E-state index contributed by atoms with van der Waals surface area (Å²) in [5.41, 5.74) is 1.97. The van der Waals surface area contributed by atoms with Gasteiger partial charge in [-0.05, 0) is 30.7 Å². The van der Waals surface area contributed by atoms with Gasteiger partial charge in [0.05, 0.1) is 0 Å². The Kier molecular flexibility index (Phi) is 4.82. The largest absolute Gasteiger partial charge is 0.478 e. The zero-order valence-electron chi connectivity index (χ0n) is 10.6. The van der Waals surface area contributed by atoms with Gasteiger partial charge in [-0.1, -0.05) is 0 Å². The molecule has 6 nitrogen and oxygen atoms in total. The van der Waals surface area contributed by atoms with Gasteiger partial charge in [0.1, 0.15) is 0 Å². The molecule has 1 rings (SSSR count). The van der Waals surface area contributed by atoms with Crippen LogP contribution in [-0.2, 0) is 14.4 Å². The highest BCUT2D eigenvalue weighted by Crippen LogP contribution is 2.19. The zero-order chi connectivity index (χ0) is 14.4. The lowest BCUT2D eigenvalue weighted by atomic mass is 10.1. The van der Waals surface area contributed by atoms with Crippen molar-refractivity contribution in [2.45, 2.75) is 13.8 Å². The van der Waals surface area contributed by atoms with Crippen molar-refractivity contribution >= 4 is 29.2 Å². The second kappa shape index (κ2) is 6.34. The summed E-state index contributed by atoms with van der Waals surface area (Å²) in [6, 6.07) is 4.95. The topological polar surface area (TPSA) is 95.5 Å². The normalized spacial score (nSPS) is 10.2. The molecule has 0 saturated heterocycles. The van der Waals surface area contributed by atoms with E-state index in [-0.39, 0.29) is 5.91 Å². The average Bonchev–Trinajstić information content (AvgIpc) is 2.29. The maximum absolute atomic E-state index is 11.4. The van der Waals surface area contributed by atoms with Crippen LogP contribution in [0.3, 0.4) is 0 Å². The molecule has 0 unspecified atom stereocenters. The van der Waals surface area contributed by atoms with Crippen LogP contribution in [0.25, 0.3) is 0 Å². The van der Waals surface area contributed by atoms with E-state index >= 15 is 0 Å². The van der Waals surface area contributed by atoms with Crippen LogP contribution in [0.1, 0.15) is 12.5 Å². The van der Waals surface area contributed by atoms with Gasteiger partial charge in [0, 0.05) is 30.5 Å². The van der Waals surface area contributed by atoms with Crippen molar-refractivity contribution in [2.75, 3.05) is 10.6 Å². The van der Waals surface area contributed by atoms with Crippen molar-refractivity contribution in [1.82, 2.24) is 0 Å². The summed E-state index contributed by atoms with van der Waals surface area (Å²) >= 11 is 0. The molecule has 0 bridgehead atoms. The van der Waals surface area contributed by atoms with Crippen molar-refractivity contribution < 1.29 is 19.5 Å². The smallest absolute Gasteiger partial charge is 0.328 e. The predicted octanol–water partition coefficient (Wildman–Crippen LogP) is 1.53. The summed E-state index contributed by atoms with van der Waals surface area (Å²) < 4.78 is 0. The first-order valence-corrected chi connectivity index (χ1v) is 5.48. The molecule has 0 atom stereocenters. The number of benzene rings is 1. The lowest BCUT2D eigenvalue weighted by molar-refractivity contribution is -0.131. The quantitative estimate of drug-likeness (QED) is 0.717. The lowest BCUT2D eigenvalue weighted by Gasteiger charge is -2.09. The summed E-state index contributed by atoms with van der Waals surface area (Å²) in [5, 5.41) is 13.6. The van der Waals surface area contributed by atoms with Gasteiger partial charge in [0.15, 0.2) is 0 Å². The monoisotopic (exact) mass is 262 g/mol. The van der Waals surface area contributed by atoms with E-state index in [9.17, 15) is 14.4 Å². The summed E-state index contributed by atoms with van der Waals surface area (Å²) in [6.07, 6.45) is 1.69. The molecule has 1 aromatic carbocycles. The van der Waals surface area contributed by atoms with E-state index in [2.05, 4.69) is 10.6 Å². The average molecular weight is 262 g/mol. The van der Waals surface area contributed by atoms with Gasteiger partial charge in [-0.2, -0.15) is 0 Å². The molecule has 0 spiro atoms. The number of carboxylic acid groups (broad SMARTS) is 1. The Hall–Kier alpha value is -2.63. The number of carbonyl (C=O) groups is 3. The minimum absolute atomic E-state index is 0.177. The van der Waals surface area contributed by atoms with E-state index in [1.54, 1.807) is 25.1 Å². The third-order valence-electron chi connectivity index (χ3n) is 2.18. The number of aryl methyl sites for hydroxylation is 1. The Bertz CT molecular complexity index is 550. The molecule has 0 radical (unpaired) electrons. The minimum atomic E-state index is -1.19. The molecule has 0 aromatic heterocycles. The zero-order valence-corrected chi connectivity index (χ0v) is 10.6. The second-order valence-corrected chi connectivity index (χ2v) is 3.87. The fraction of sp³-hybridized carbons (Fsp3) is 0.154. The number of nitrogens with one attached hydrogen (secondary N) is 2. The number of anilines is 2. The standard InChI is InChI=1S/C13H14N2O4/c1-8-7-10(3-4-11(8)14-9(2)16)15-12(17)5-6-13(18)19/h3-7H,1-2H3,(H,14,16)(H,15,17)(H,18,19)/b6-5+. The van der Waals surface area contributed by atoms with E-state index < -0.39 is 11.9 Å². The van der Waals surface area contributed by atoms with Crippen LogP contribution in [-0.4, -0.2) is 22.9 Å². The molecule has 0 heterocycles. The molecular weight excluding hydrogens is 248 g/mol. The Morgan fingerprint density at radius 1 is 1.16 bits per heavy atom. The van der Waals surface area contributed by atoms with Crippen molar-refractivity contribution in [3.8, 4) is 0 Å². The Balaban J connectivity index is 2.76. The number of hydrogen-bond acceptors (Lipinski definition) is 3. The molecule has 0 aliphatic rings. The van der Waals surface area contributed by atoms with Crippen LogP contribution < -0.4 is 10.6 Å². The minimum Gasteiger partial charge on any atom is -0.478 e. The molecular formula is C13H14N2O4. The van der Waals surface area contributed by atoms with Gasteiger partial charge in [-0.25, -0.2) is 4.79 Å². The van der Waals surface area contributed by atoms with Gasteiger partial charge < -0.3 is 15.7 Å². The Labute approximate surface area is 110 Å². The number of carboxylic acids is 1. The van der Waals surface area contributed by atoms with Crippen LogP contribution in [0, 0.1) is 6.92 Å². The van der Waals surface area contributed by atoms with Crippen LogP contribution in [0.5, 0.6) is 0 Å². The molecule has 3 N–H and O–H groups in total. The summed E-state index contributed by atoms with van der Waals surface area (Å²) in [6.45, 7) is 3.19. The van der Waals surface area contributed by atoms with Crippen LogP contribution in [0.4, 0.5) is 11.4 Å². The van der Waals surface area contributed by atoms with Gasteiger partial charge >= 0.3 is 5.97 Å². The molecule has 1 aromatic rings. The van der Waals surface area contributed by atoms with Crippen molar-refractivity contribution in [3.63, 3.8) is 0 Å². The third-order valence-corrected chi connectivity index (χ3v) is 2.18. The van der Waals surface area contributed by atoms with E-state index in [4.69, 9.17) is 5.11 Å². The predicted molar refractivity (Wildman–Crippen MR) is 70.9 cm³/mol. The SMILES string of the molecule is CC(=O)Nc1ccc(NC(=O)/C=C/C(=O)O)cc1C. The maximum atomic E-state index is 11.4. The molecule has 100 valence electrons. The highest BCUT2D eigenvalue weighted by atomic mass is 16.4. The molecule has 2 amide bonds. The number of carbonyl (C=O) groups excluding carboxylic acids is 2. The molecule has 0 aliphatic heterocycles. The highest BCUT2D eigenvalue weighted by Gasteiger charge is 2.03. The molecule has 6 heteroatoms. The second-order valence-electron chi connectivity index (χ2n) is 3.87. The third kappa shape index (κ3) is 5.03. The van der Waals surface area contributed by atoms with E-state index in [1.807, 2.05) is 0 Å². The fourth-order valence-electron chi connectivity index (χ4n) is 1.40. The van der Waals surface area contributed by atoms with Crippen molar-refractivity contribution in [1.29, 1.82) is 0 Å². The fourth-order valence-corrected chi connectivity index (χ4v) is 1.40. The lowest BCUT2D eigenvalue weighted by Crippen LogP contribution is -2.10. The number of amides is 2. The number of hydrogen-bond donors (Lipinski definition) is 3. The highest BCUT2D eigenvalue weighted by molar-refractivity contribution is 6.02.